The van der Waals surface area contributed by atoms with Crippen LogP contribution in [0.4, 0.5) is 4.39 Å². The van der Waals surface area contributed by atoms with Gasteiger partial charge in [0.25, 0.3) is 0 Å². The topological polar surface area (TPSA) is 34.9 Å². The van der Waals surface area contributed by atoms with E-state index in [1.54, 1.807) is 6.07 Å². The van der Waals surface area contributed by atoms with Gasteiger partial charge in [0.2, 0.25) is 0 Å². The van der Waals surface area contributed by atoms with Crippen LogP contribution in [-0.4, -0.2) is 16.1 Å². The van der Waals surface area contributed by atoms with Crippen LogP contribution in [0.15, 0.2) is 30.6 Å². The van der Waals surface area contributed by atoms with Crippen molar-refractivity contribution in [3.05, 3.63) is 47.0 Å². The van der Waals surface area contributed by atoms with Gasteiger partial charge in [0.1, 0.15) is 10.8 Å². The first-order valence-corrected chi connectivity index (χ1v) is 4.54. The zero-order valence-electron chi connectivity index (χ0n) is 7.52. The van der Waals surface area contributed by atoms with E-state index in [1.807, 2.05) is 0 Å². The Bertz CT molecular complexity index is 510. The van der Waals surface area contributed by atoms with Crippen LogP contribution in [-0.2, 0) is 0 Å². The molecule has 15 heavy (non-hydrogen) atoms. The summed E-state index contributed by atoms with van der Waals surface area (Å²) in [6.45, 7) is 0. The standard InChI is InChI=1S/C10H6ClFN2O/c11-10-8(12)2-1-3-9(10)14-5-7(6-15)4-13-14/h1-6H. The molecule has 0 aliphatic heterocycles. The van der Waals surface area contributed by atoms with Gasteiger partial charge in [-0.05, 0) is 12.1 Å². The number of nitrogens with zero attached hydrogens (tertiary/aromatic N) is 2. The smallest absolute Gasteiger partial charge is 0.153 e. The molecule has 1 heterocycles. The second-order valence-electron chi connectivity index (χ2n) is 2.91. The van der Waals surface area contributed by atoms with Gasteiger partial charge in [0.15, 0.2) is 6.29 Å². The molecule has 0 N–H and O–H groups in total. The Kier molecular flexibility index (Phi) is 2.51. The molecule has 1 aromatic heterocycles. The highest BCUT2D eigenvalue weighted by Crippen LogP contribution is 2.22. The third kappa shape index (κ3) is 1.76. The van der Waals surface area contributed by atoms with Crippen LogP contribution < -0.4 is 0 Å². The van der Waals surface area contributed by atoms with Crippen molar-refractivity contribution in [3.8, 4) is 5.69 Å². The van der Waals surface area contributed by atoms with Gasteiger partial charge in [-0.15, -0.1) is 0 Å². The van der Waals surface area contributed by atoms with E-state index < -0.39 is 5.82 Å². The number of carbonyl (C=O) groups is 1. The van der Waals surface area contributed by atoms with Crippen LogP contribution in [0.2, 0.25) is 5.02 Å². The molecule has 0 saturated heterocycles. The molecular weight excluding hydrogens is 219 g/mol. The fraction of sp³-hybridized carbons (Fsp3) is 0. The highest BCUT2D eigenvalue weighted by molar-refractivity contribution is 6.32. The molecule has 0 saturated carbocycles. The lowest BCUT2D eigenvalue weighted by Crippen LogP contribution is -1.96. The normalized spacial score (nSPS) is 10.3. The van der Waals surface area contributed by atoms with E-state index in [9.17, 15) is 9.18 Å². The molecule has 0 amide bonds. The van der Waals surface area contributed by atoms with E-state index in [1.165, 1.54) is 29.2 Å². The van der Waals surface area contributed by atoms with Crippen molar-refractivity contribution in [2.24, 2.45) is 0 Å². The first kappa shape index (κ1) is 9.86. The predicted octanol–water partition coefficient (Wildman–Crippen LogP) is 2.48. The first-order chi connectivity index (χ1) is 7.22. The Morgan fingerprint density at radius 1 is 1.47 bits per heavy atom. The van der Waals surface area contributed by atoms with Gasteiger partial charge in [-0.3, -0.25) is 4.79 Å². The summed E-state index contributed by atoms with van der Waals surface area (Å²) in [5.41, 5.74) is 0.820. The van der Waals surface area contributed by atoms with Gasteiger partial charge < -0.3 is 0 Å². The van der Waals surface area contributed by atoms with Crippen molar-refractivity contribution in [2.75, 3.05) is 0 Å². The van der Waals surface area contributed by atoms with Crippen molar-refractivity contribution in [2.45, 2.75) is 0 Å². The van der Waals surface area contributed by atoms with Gasteiger partial charge in [-0.1, -0.05) is 17.7 Å². The van der Waals surface area contributed by atoms with E-state index >= 15 is 0 Å². The maximum absolute atomic E-state index is 13.1. The van der Waals surface area contributed by atoms with Gasteiger partial charge >= 0.3 is 0 Å². The van der Waals surface area contributed by atoms with Crippen LogP contribution in [0, 0.1) is 5.82 Å². The maximum atomic E-state index is 13.1. The molecule has 2 aromatic rings. The lowest BCUT2D eigenvalue weighted by atomic mass is 10.3. The Morgan fingerprint density at radius 3 is 2.93 bits per heavy atom. The van der Waals surface area contributed by atoms with Gasteiger partial charge in [0, 0.05) is 6.20 Å². The maximum Gasteiger partial charge on any atom is 0.153 e. The number of hydrogen-bond acceptors (Lipinski definition) is 2. The van der Waals surface area contributed by atoms with E-state index in [0.29, 0.717) is 17.5 Å². The van der Waals surface area contributed by atoms with Crippen molar-refractivity contribution in [1.82, 2.24) is 9.78 Å². The van der Waals surface area contributed by atoms with Crippen molar-refractivity contribution in [3.63, 3.8) is 0 Å². The minimum Gasteiger partial charge on any atom is -0.298 e. The fourth-order valence-corrected chi connectivity index (χ4v) is 1.41. The number of aldehydes is 1. The molecule has 0 aliphatic carbocycles. The van der Waals surface area contributed by atoms with E-state index in [4.69, 9.17) is 11.6 Å². The number of benzene rings is 1. The van der Waals surface area contributed by atoms with Crippen LogP contribution in [0.3, 0.4) is 0 Å². The zero-order valence-corrected chi connectivity index (χ0v) is 8.28. The third-order valence-electron chi connectivity index (χ3n) is 1.92. The molecular formula is C10H6ClFN2O. The molecule has 0 unspecified atom stereocenters. The zero-order chi connectivity index (χ0) is 10.8. The summed E-state index contributed by atoms with van der Waals surface area (Å²) in [4.78, 5) is 10.4. The molecule has 0 fully saturated rings. The van der Waals surface area contributed by atoms with E-state index in [-0.39, 0.29) is 5.02 Å². The summed E-state index contributed by atoms with van der Waals surface area (Å²) in [5.74, 6) is -0.516. The van der Waals surface area contributed by atoms with Crippen LogP contribution in [0.5, 0.6) is 0 Å². The Labute approximate surface area is 90.1 Å². The second-order valence-corrected chi connectivity index (χ2v) is 3.29. The summed E-state index contributed by atoms with van der Waals surface area (Å²) < 4.78 is 14.5. The number of hydrogen-bond donors (Lipinski definition) is 0. The molecule has 2 rings (SSSR count). The van der Waals surface area contributed by atoms with Crippen molar-refractivity contribution in [1.29, 1.82) is 0 Å². The molecule has 5 heteroatoms. The minimum atomic E-state index is -0.516. The number of carbonyl (C=O) groups excluding carboxylic acids is 1. The summed E-state index contributed by atoms with van der Waals surface area (Å²) in [6.07, 6.45) is 3.53. The molecule has 76 valence electrons. The Morgan fingerprint density at radius 2 is 2.27 bits per heavy atom. The lowest BCUT2D eigenvalue weighted by molar-refractivity contribution is 0.112. The quantitative estimate of drug-likeness (QED) is 0.735. The molecule has 0 radical (unpaired) electrons. The summed E-state index contributed by atoms with van der Waals surface area (Å²) >= 11 is 5.76. The SMILES string of the molecule is O=Cc1cnn(-c2cccc(F)c2Cl)c1. The average molecular weight is 225 g/mol. The van der Waals surface area contributed by atoms with Crippen LogP contribution >= 0.6 is 11.6 Å². The summed E-state index contributed by atoms with van der Waals surface area (Å²) in [7, 11) is 0. The van der Waals surface area contributed by atoms with Gasteiger partial charge in [-0.25, -0.2) is 9.07 Å². The monoisotopic (exact) mass is 224 g/mol. The summed E-state index contributed by atoms with van der Waals surface area (Å²) in [5, 5.41) is 3.88. The predicted molar refractivity (Wildman–Crippen MR) is 53.9 cm³/mol. The van der Waals surface area contributed by atoms with Crippen LogP contribution in [0.1, 0.15) is 10.4 Å². The lowest BCUT2D eigenvalue weighted by Gasteiger charge is -2.03. The second kappa shape index (κ2) is 3.82. The van der Waals surface area contributed by atoms with Crippen molar-refractivity contribution < 1.29 is 9.18 Å². The number of halogens is 2. The van der Waals surface area contributed by atoms with E-state index in [2.05, 4.69) is 5.10 Å². The third-order valence-corrected chi connectivity index (χ3v) is 2.29. The largest absolute Gasteiger partial charge is 0.298 e. The summed E-state index contributed by atoms with van der Waals surface area (Å²) in [6, 6.07) is 4.40. The molecule has 1 aromatic carbocycles. The molecule has 0 atom stereocenters. The Hall–Kier alpha value is -1.68. The number of aromatic nitrogens is 2. The first-order valence-electron chi connectivity index (χ1n) is 4.16. The average Bonchev–Trinajstić information content (AvgIpc) is 2.70. The highest BCUT2D eigenvalue weighted by atomic mass is 35.5. The van der Waals surface area contributed by atoms with Crippen LogP contribution in [0.25, 0.3) is 5.69 Å². The molecule has 0 bridgehead atoms. The fourth-order valence-electron chi connectivity index (χ4n) is 1.20. The number of rotatable bonds is 2. The minimum absolute atomic E-state index is 0.0157. The molecule has 0 aliphatic rings. The highest BCUT2D eigenvalue weighted by Gasteiger charge is 2.08. The van der Waals surface area contributed by atoms with Crippen molar-refractivity contribution >= 4 is 17.9 Å². The molecule has 0 spiro atoms. The van der Waals surface area contributed by atoms with Gasteiger partial charge in [0.05, 0.1) is 17.4 Å². The van der Waals surface area contributed by atoms with E-state index in [0.717, 1.165) is 0 Å². The Balaban J connectivity index is 2.53. The van der Waals surface area contributed by atoms with Gasteiger partial charge in [-0.2, -0.15) is 5.10 Å². The molecule has 3 nitrogen and oxygen atoms in total.